The third kappa shape index (κ3) is 2.21. The van der Waals surface area contributed by atoms with Gasteiger partial charge in [-0.05, 0) is 25.0 Å². The van der Waals surface area contributed by atoms with Crippen LogP contribution in [-0.4, -0.2) is 45.5 Å². The molecule has 2 fully saturated rings. The molecule has 0 spiro atoms. The number of morpholine rings is 1. The van der Waals surface area contributed by atoms with Crippen molar-refractivity contribution in [2.24, 2.45) is 0 Å². The molecule has 1 aliphatic carbocycles. The molecule has 0 N–H and O–H groups in total. The SMILES string of the molecule is O=C(c1cn2ccccc2n1)N1CCOC2CCCCC21. The molecule has 0 bridgehead atoms. The maximum Gasteiger partial charge on any atom is 0.274 e. The van der Waals surface area contributed by atoms with Crippen molar-refractivity contribution < 1.29 is 9.53 Å². The highest BCUT2D eigenvalue weighted by atomic mass is 16.5. The van der Waals surface area contributed by atoms with Gasteiger partial charge in [-0.15, -0.1) is 0 Å². The second-order valence-electron chi connectivity index (χ2n) is 5.85. The van der Waals surface area contributed by atoms with Gasteiger partial charge in [-0.25, -0.2) is 4.98 Å². The van der Waals surface area contributed by atoms with E-state index < -0.39 is 0 Å². The molecule has 1 aliphatic heterocycles. The average Bonchev–Trinajstić information content (AvgIpc) is 2.97. The second kappa shape index (κ2) is 5.15. The molecule has 2 unspecified atom stereocenters. The molecule has 5 nitrogen and oxygen atoms in total. The Bertz CT molecular complexity index is 631. The van der Waals surface area contributed by atoms with Crippen LogP contribution in [0, 0.1) is 0 Å². The summed E-state index contributed by atoms with van der Waals surface area (Å²) in [7, 11) is 0. The second-order valence-corrected chi connectivity index (χ2v) is 5.85. The number of hydrogen-bond donors (Lipinski definition) is 0. The third-order valence-electron chi connectivity index (χ3n) is 4.58. The minimum Gasteiger partial charge on any atom is -0.374 e. The van der Waals surface area contributed by atoms with Crippen molar-refractivity contribution in [1.29, 1.82) is 0 Å². The first-order chi connectivity index (χ1) is 10.3. The number of imidazole rings is 1. The quantitative estimate of drug-likeness (QED) is 0.806. The number of carbonyl (C=O) groups excluding carboxylic acids is 1. The van der Waals surface area contributed by atoms with Gasteiger partial charge in [-0.3, -0.25) is 4.79 Å². The molecule has 2 aliphatic rings. The summed E-state index contributed by atoms with van der Waals surface area (Å²) in [6.07, 6.45) is 8.46. The number of amides is 1. The fraction of sp³-hybridized carbons (Fsp3) is 0.500. The monoisotopic (exact) mass is 285 g/mol. The van der Waals surface area contributed by atoms with Crippen LogP contribution >= 0.6 is 0 Å². The number of aromatic nitrogens is 2. The van der Waals surface area contributed by atoms with Gasteiger partial charge >= 0.3 is 0 Å². The summed E-state index contributed by atoms with van der Waals surface area (Å²) >= 11 is 0. The zero-order valence-electron chi connectivity index (χ0n) is 11.9. The highest BCUT2D eigenvalue weighted by molar-refractivity contribution is 5.93. The van der Waals surface area contributed by atoms with E-state index in [2.05, 4.69) is 4.98 Å². The Labute approximate surface area is 123 Å². The van der Waals surface area contributed by atoms with Crippen molar-refractivity contribution >= 4 is 11.6 Å². The Morgan fingerprint density at radius 2 is 2.19 bits per heavy atom. The number of ether oxygens (including phenoxy) is 1. The van der Waals surface area contributed by atoms with E-state index in [0.29, 0.717) is 18.8 Å². The van der Waals surface area contributed by atoms with Gasteiger partial charge in [0.2, 0.25) is 0 Å². The minimum atomic E-state index is 0.0406. The first-order valence-corrected chi connectivity index (χ1v) is 7.69. The van der Waals surface area contributed by atoms with Gasteiger partial charge in [0.1, 0.15) is 11.3 Å². The maximum absolute atomic E-state index is 12.8. The molecule has 1 amide bonds. The lowest BCUT2D eigenvalue weighted by Gasteiger charge is -2.43. The Balaban J connectivity index is 1.63. The molecule has 2 aromatic rings. The number of nitrogens with zero attached hydrogens (tertiary/aromatic N) is 3. The number of fused-ring (bicyclic) bond motifs is 2. The molecule has 110 valence electrons. The highest BCUT2D eigenvalue weighted by Crippen LogP contribution is 2.29. The molecule has 0 radical (unpaired) electrons. The van der Waals surface area contributed by atoms with Gasteiger partial charge in [0.15, 0.2) is 0 Å². The molecule has 21 heavy (non-hydrogen) atoms. The third-order valence-corrected chi connectivity index (χ3v) is 4.58. The predicted octanol–water partition coefficient (Wildman–Crippen LogP) is 2.12. The van der Waals surface area contributed by atoms with Crippen molar-refractivity contribution in [3.8, 4) is 0 Å². The summed E-state index contributed by atoms with van der Waals surface area (Å²) < 4.78 is 7.73. The van der Waals surface area contributed by atoms with Crippen LogP contribution in [0.15, 0.2) is 30.6 Å². The molecule has 0 aromatic carbocycles. The van der Waals surface area contributed by atoms with Crippen molar-refractivity contribution in [3.63, 3.8) is 0 Å². The molecule has 4 rings (SSSR count). The highest BCUT2D eigenvalue weighted by Gasteiger charge is 2.37. The van der Waals surface area contributed by atoms with Crippen molar-refractivity contribution in [3.05, 3.63) is 36.3 Å². The molecular formula is C16H19N3O2. The Morgan fingerprint density at radius 1 is 1.29 bits per heavy atom. The lowest BCUT2D eigenvalue weighted by atomic mass is 9.90. The standard InChI is InChI=1S/C16H19N3O2/c20-16(12-11-18-8-4-3-7-15(18)17-12)19-9-10-21-14-6-2-1-5-13(14)19/h3-4,7-8,11,13-14H,1-2,5-6,9-10H2. The molecule has 2 aromatic heterocycles. The van der Waals surface area contributed by atoms with Gasteiger partial charge < -0.3 is 14.0 Å². The lowest BCUT2D eigenvalue weighted by molar-refractivity contribution is -0.0754. The summed E-state index contributed by atoms with van der Waals surface area (Å²) in [5.41, 5.74) is 1.35. The van der Waals surface area contributed by atoms with E-state index >= 15 is 0 Å². The normalized spacial score (nSPS) is 25.8. The summed E-state index contributed by atoms with van der Waals surface area (Å²) in [5.74, 6) is 0.0406. The van der Waals surface area contributed by atoms with Gasteiger partial charge in [0.25, 0.3) is 5.91 Å². The van der Waals surface area contributed by atoms with Crippen molar-refractivity contribution in [2.75, 3.05) is 13.2 Å². The number of pyridine rings is 1. The summed E-state index contributed by atoms with van der Waals surface area (Å²) in [6.45, 7) is 1.31. The number of carbonyl (C=O) groups is 1. The summed E-state index contributed by atoms with van der Waals surface area (Å²) in [5, 5.41) is 0. The van der Waals surface area contributed by atoms with E-state index in [9.17, 15) is 4.79 Å². The van der Waals surface area contributed by atoms with Gasteiger partial charge in [0.05, 0.1) is 18.8 Å². The predicted molar refractivity (Wildman–Crippen MR) is 78.2 cm³/mol. The molecular weight excluding hydrogens is 266 g/mol. The van der Waals surface area contributed by atoms with E-state index in [-0.39, 0.29) is 18.1 Å². The van der Waals surface area contributed by atoms with E-state index in [1.54, 1.807) is 0 Å². The first-order valence-electron chi connectivity index (χ1n) is 7.69. The number of rotatable bonds is 1. The fourth-order valence-corrected chi connectivity index (χ4v) is 3.53. The van der Waals surface area contributed by atoms with Crippen LogP contribution < -0.4 is 0 Å². The summed E-state index contributed by atoms with van der Waals surface area (Å²) in [4.78, 5) is 19.3. The van der Waals surface area contributed by atoms with Crippen LogP contribution in [0.2, 0.25) is 0 Å². The zero-order valence-corrected chi connectivity index (χ0v) is 11.9. The smallest absolute Gasteiger partial charge is 0.274 e. The van der Waals surface area contributed by atoms with Gasteiger partial charge in [0, 0.05) is 18.9 Å². The zero-order chi connectivity index (χ0) is 14.2. The Hall–Kier alpha value is -1.88. The summed E-state index contributed by atoms with van der Waals surface area (Å²) in [6, 6.07) is 6.02. The minimum absolute atomic E-state index is 0.0406. The largest absolute Gasteiger partial charge is 0.374 e. The first kappa shape index (κ1) is 12.8. The van der Waals surface area contributed by atoms with Crippen LogP contribution in [0.25, 0.3) is 5.65 Å². The van der Waals surface area contributed by atoms with Crippen LogP contribution in [0.4, 0.5) is 0 Å². The van der Waals surface area contributed by atoms with Crippen LogP contribution in [-0.2, 0) is 4.74 Å². The number of hydrogen-bond acceptors (Lipinski definition) is 3. The van der Waals surface area contributed by atoms with Crippen LogP contribution in [0.1, 0.15) is 36.2 Å². The Morgan fingerprint density at radius 3 is 3.10 bits per heavy atom. The lowest BCUT2D eigenvalue weighted by Crippen LogP contribution is -2.54. The molecule has 1 saturated heterocycles. The molecule has 3 heterocycles. The average molecular weight is 285 g/mol. The van der Waals surface area contributed by atoms with Crippen LogP contribution in [0.3, 0.4) is 0 Å². The van der Waals surface area contributed by atoms with Gasteiger partial charge in [-0.1, -0.05) is 18.9 Å². The molecule has 5 heteroatoms. The van der Waals surface area contributed by atoms with Crippen molar-refractivity contribution in [1.82, 2.24) is 14.3 Å². The van der Waals surface area contributed by atoms with Crippen LogP contribution in [0.5, 0.6) is 0 Å². The van der Waals surface area contributed by atoms with Gasteiger partial charge in [-0.2, -0.15) is 0 Å². The molecule has 2 atom stereocenters. The van der Waals surface area contributed by atoms with E-state index in [1.165, 1.54) is 12.8 Å². The maximum atomic E-state index is 12.8. The molecule has 1 saturated carbocycles. The fourth-order valence-electron chi connectivity index (χ4n) is 3.53. The topological polar surface area (TPSA) is 46.8 Å². The van der Waals surface area contributed by atoms with E-state index in [0.717, 1.165) is 18.5 Å². The van der Waals surface area contributed by atoms with E-state index in [4.69, 9.17) is 4.74 Å². The van der Waals surface area contributed by atoms with E-state index in [1.807, 2.05) is 39.9 Å². The Kier molecular flexibility index (Phi) is 3.15. The van der Waals surface area contributed by atoms with Crippen molar-refractivity contribution in [2.45, 2.75) is 37.8 Å².